The Bertz CT molecular complexity index is 1920. The molecule has 1 saturated heterocycles. The fourth-order valence-corrected chi connectivity index (χ4v) is 9.80. The number of benzene rings is 1. The lowest BCUT2D eigenvalue weighted by Gasteiger charge is -2.59. The Morgan fingerprint density at radius 1 is 1.10 bits per heavy atom. The van der Waals surface area contributed by atoms with E-state index in [2.05, 4.69) is 16.4 Å². The minimum Gasteiger partial charge on any atom is -0.464 e. The maximum Gasteiger partial charge on any atom is 0.415 e. The largest absolute Gasteiger partial charge is 0.464 e. The molecule has 0 N–H and O–H groups in total. The van der Waals surface area contributed by atoms with E-state index in [4.69, 9.17) is 18.9 Å². The van der Waals surface area contributed by atoms with Crippen LogP contribution < -0.4 is 9.64 Å². The summed E-state index contributed by atoms with van der Waals surface area (Å²) in [4.78, 5) is 79.1. The number of Topliss-reactive ketones (excluding diaryl/α,β-unsaturated/α-hetero) is 2. The Labute approximate surface area is 291 Å². The van der Waals surface area contributed by atoms with Crippen LogP contribution in [0.4, 0.5) is 0 Å². The molecule has 3 aliphatic carbocycles. The van der Waals surface area contributed by atoms with Crippen molar-refractivity contribution in [2.45, 2.75) is 68.4 Å². The molecule has 4 aliphatic rings. The van der Waals surface area contributed by atoms with Gasteiger partial charge in [0.2, 0.25) is 0 Å². The van der Waals surface area contributed by atoms with E-state index in [1.807, 2.05) is 13.8 Å². The zero-order valence-electron chi connectivity index (χ0n) is 27.9. The van der Waals surface area contributed by atoms with Gasteiger partial charge in [-0.1, -0.05) is 38.6 Å². The number of esters is 3. The minimum absolute atomic E-state index is 0.0724. The highest BCUT2D eigenvalue weighted by atomic mass is 32.2. The molecule has 1 aliphatic heterocycles. The van der Waals surface area contributed by atoms with Crippen LogP contribution in [0.2, 0.25) is 0 Å². The Morgan fingerprint density at radius 2 is 1.80 bits per heavy atom. The van der Waals surface area contributed by atoms with Crippen molar-refractivity contribution >= 4 is 45.6 Å². The predicted octanol–water partition coefficient (Wildman–Crippen LogP) is 1.65. The molecule has 2 aromatic rings. The molecule has 2 bridgehead atoms. The maximum atomic E-state index is 14.0. The molecule has 6 rings (SSSR count). The maximum absolute atomic E-state index is 14.0. The number of carbonyl (C=O) groups excluding carboxylic acids is 6. The molecule has 1 aromatic carbocycles. The highest BCUT2D eigenvalue weighted by Gasteiger charge is 2.78. The van der Waals surface area contributed by atoms with Gasteiger partial charge in [0.1, 0.15) is 38.0 Å². The number of rotatable bonds is 11. The number of ketones is 2. The second-order valence-corrected chi connectivity index (χ2v) is 15.8. The normalized spacial score (nSPS) is 29.6. The summed E-state index contributed by atoms with van der Waals surface area (Å²) in [5.41, 5.74) is -4.11. The van der Waals surface area contributed by atoms with Gasteiger partial charge in [0, 0.05) is 24.2 Å². The van der Waals surface area contributed by atoms with Crippen molar-refractivity contribution in [1.29, 1.82) is 0 Å². The van der Waals surface area contributed by atoms with E-state index in [0.717, 1.165) is 0 Å². The van der Waals surface area contributed by atoms with Crippen LogP contribution in [0.3, 0.4) is 0 Å². The molecule has 6 atom stereocenters. The van der Waals surface area contributed by atoms with Crippen molar-refractivity contribution in [2.24, 2.45) is 34.0 Å². The highest BCUT2D eigenvalue weighted by molar-refractivity contribution is 7.91. The summed E-state index contributed by atoms with van der Waals surface area (Å²) in [6, 6.07) is 7.04. The molecule has 1 unspecified atom stereocenters. The van der Waals surface area contributed by atoms with Crippen LogP contribution in [0.15, 0.2) is 57.0 Å². The number of ether oxygens (including phenoxy) is 4. The zero-order chi connectivity index (χ0) is 36.9. The van der Waals surface area contributed by atoms with Crippen molar-refractivity contribution < 1.29 is 65.7 Å². The summed E-state index contributed by atoms with van der Waals surface area (Å²) in [7, 11) is -4.36. The van der Waals surface area contributed by atoms with Crippen molar-refractivity contribution in [1.82, 2.24) is 5.16 Å². The fraction of sp³-hybridized carbons (Fsp3) is 0.529. The smallest absolute Gasteiger partial charge is 0.415 e. The summed E-state index contributed by atoms with van der Waals surface area (Å²) in [6.45, 7) is 6.40. The lowest BCUT2D eigenvalue weighted by atomic mass is 9.44. The topological polar surface area (TPSA) is 226 Å². The zero-order valence-corrected chi connectivity index (χ0v) is 28.7. The highest BCUT2D eigenvalue weighted by Crippen LogP contribution is 2.67. The number of hydrogen-bond acceptors (Lipinski definition) is 15. The number of aldehydes is 1. The average molecular weight is 729 g/mol. The summed E-state index contributed by atoms with van der Waals surface area (Å²) in [5.74, 6) is -6.88. The quantitative estimate of drug-likeness (QED) is 0.0610. The third kappa shape index (κ3) is 5.52. The molecule has 51 heavy (non-hydrogen) atoms. The molecular formula is C34H36N2O14S. The number of nitrogens with zero attached hydrogens (tertiary/aromatic N) is 2. The van der Waals surface area contributed by atoms with Crippen LogP contribution in [-0.4, -0.2) is 75.3 Å². The molecule has 1 aromatic heterocycles. The van der Waals surface area contributed by atoms with Crippen LogP contribution in [0.1, 0.15) is 52.4 Å². The lowest BCUT2D eigenvalue weighted by Crippen LogP contribution is -2.70. The van der Waals surface area contributed by atoms with Crippen LogP contribution in [0.25, 0.3) is 0 Å². The van der Waals surface area contributed by atoms with Gasteiger partial charge < -0.3 is 28.9 Å². The molecule has 0 radical (unpaired) electrons. The van der Waals surface area contributed by atoms with E-state index >= 15 is 0 Å². The summed E-state index contributed by atoms with van der Waals surface area (Å²) in [5, 5.41) is 14.5. The first-order valence-corrected chi connectivity index (χ1v) is 17.9. The van der Waals surface area contributed by atoms with Gasteiger partial charge in [-0.3, -0.25) is 28.6 Å². The molecule has 4 fully saturated rings. The Hall–Kier alpha value is -4.93. The van der Waals surface area contributed by atoms with Crippen molar-refractivity contribution in [3.63, 3.8) is 0 Å². The molecule has 17 heteroatoms. The third-order valence-electron chi connectivity index (χ3n) is 10.9. The van der Waals surface area contributed by atoms with E-state index in [1.165, 1.54) is 24.3 Å². The van der Waals surface area contributed by atoms with Crippen molar-refractivity contribution in [2.75, 3.05) is 19.8 Å². The molecule has 2 heterocycles. The molecule has 272 valence electrons. The molecule has 16 nitrogen and oxygen atoms in total. The van der Waals surface area contributed by atoms with Gasteiger partial charge in [-0.25, -0.2) is 8.42 Å². The van der Waals surface area contributed by atoms with Crippen molar-refractivity contribution in [3.05, 3.63) is 47.7 Å². The molecule has 3 saturated carbocycles. The van der Waals surface area contributed by atoms with Gasteiger partial charge >= 0.3 is 28.8 Å². The number of fused-ring (bicyclic) bond motifs is 2. The number of hydrogen-bond donors (Lipinski definition) is 0. The standard InChI is InChI=1S/C34H36N2O14S/c1-19-21-9-10-22-33(23(17-37)32(2,3)14-13-24(33)38)18-48-31(42)34(22,27(19)41)28(21)49-26(40)12-11-25(39)46-15-16-47-29-30(36(43)50-35-29)51(44,45)20-7-5-4-6-8-20/h4-8,17,21-23,28H,1,9-16,18H2,2-3H3/t21-,22?,23+,28+,33-,34-/m0/s1. The first kappa shape index (κ1) is 35.9. The SMILES string of the molecule is C=C1C(=O)[C@@]23C(=O)OC[C@]4(C(=O)CCC(C)(C)[C@H]4C=O)C2CC[C@@H]1[C@H]3OC(=O)CCC(=O)OCCOc1no[n+]([O-])c1S(=O)(=O)c1ccccc1. The van der Waals surface area contributed by atoms with E-state index < -0.39 is 111 Å². The van der Waals surface area contributed by atoms with E-state index in [0.29, 0.717) is 12.7 Å². The molecular weight excluding hydrogens is 692 g/mol. The number of sulfone groups is 1. The fourth-order valence-electron chi connectivity index (χ4n) is 8.51. The minimum atomic E-state index is -4.36. The number of cyclic esters (lactones) is 1. The molecule has 0 amide bonds. The van der Waals surface area contributed by atoms with Crippen LogP contribution in [0.5, 0.6) is 5.88 Å². The monoisotopic (exact) mass is 728 g/mol. The van der Waals surface area contributed by atoms with Gasteiger partial charge in [-0.2, -0.15) is 0 Å². The molecule has 2 spiro atoms. The van der Waals surface area contributed by atoms with Gasteiger partial charge in [0.15, 0.2) is 11.2 Å². The van der Waals surface area contributed by atoms with Crippen LogP contribution in [0, 0.1) is 39.2 Å². The van der Waals surface area contributed by atoms with Crippen molar-refractivity contribution in [3.8, 4) is 5.88 Å². The first-order chi connectivity index (χ1) is 24.1. The van der Waals surface area contributed by atoms with Gasteiger partial charge in [-0.15, -0.1) is 0 Å². The summed E-state index contributed by atoms with van der Waals surface area (Å²) in [6.07, 6.45) is -0.552. The summed E-state index contributed by atoms with van der Waals surface area (Å²) < 4.78 is 51.9. The van der Waals surface area contributed by atoms with E-state index in [9.17, 15) is 42.4 Å². The van der Waals surface area contributed by atoms with Crippen LogP contribution >= 0.6 is 0 Å². The van der Waals surface area contributed by atoms with Crippen LogP contribution in [-0.2, 0) is 52.8 Å². The Kier molecular flexibility index (Phi) is 9.14. The van der Waals surface area contributed by atoms with E-state index in [1.54, 1.807) is 6.07 Å². The number of aromatic nitrogens is 2. The predicted molar refractivity (Wildman–Crippen MR) is 167 cm³/mol. The first-order valence-electron chi connectivity index (χ1n) is 16.4. The number of carbonyl (C=O) groups is 6. The van der Waals surface area contributed by atoms with Gasteiger partial charge in [-0.05, 0) is 47.3 Å². The van der Waals surface area contributed by atoms with Gasteiger partial charge in [0.25, 0.3) is 9.84 Å². The van der Waals surface area contributed by atoms with E-state index in [-0.39, 0.29) is 47.0 Å². The lowest BCUT2D eigenvalue weighted by molar-refractivity contribution is -0.832. The average Bonchev–Trinajstić information content (AvgIpc) is 3.53. The second-order valence-electron chi connectivity index (χ2n) is 13.9. The second kappa shape index (κ2) is 13.0. The Morgan fingerprint density at radius 3 is 2.51 bits per heavy atom. The summed E-state index contributed by atoms with van der Waals surface area (Å²) >= 11 is 0. The van der Waals surface area contributed by atoms with Gasteiger partial charge in [0.05, 0.1) is 28.3 Å². The Balaban J connectivity index is 1.10. The third-order valence-corrected chi connectivity index (χ3v) is 12.7.